The van der Waals surface area contributed by atoms with E-state index in [1.54, 1.807) is 6.07 Å². The second-order valence-corrected chi connectivity index (χ2v) is 9.40. The van der Waals surface area contributed by atoms with Crippen LogP contribution in [0, 0.1) is 0 Å². The summed E-state index contributed by atoms with van der Waals surface area (Å²) in [5, 5.41) is 1.30. The lowest BCUT2D eigenvalue weighted by molar-refractivity contribution is -0.162. The Labute approximate surface area is 184 Å². The van der Waals surface area contributed by atoms with Crippen molar-refractivity contribution in [3.8, 4) is 0 Å². The normalized spacial score (nSPS) is 18.8. The number of halogens is 2. The van der Waals surface area contributed by atoms with Crippen LogP contribution in [0.3, 0.4) is 0 Å². The van der Waals surface area contributed by atoms with Crippen molar-refractivity contribution in [2.75, 3.05) is 13.2 Å². The number of aliphatic imine (C=N–C) groups is 1. The van der Waals surface area contributed by atoms with Gasteiger partial charge in [0, 0.05) is 23.5 Å². The van der Waals surface area contributed by atoms with Gasteiger partial charge in [-0.15, -0.1) is 12.4 Å². The predicted octanol–water partition coefficient (Wildman–Crippen LogP) is 2.08. The molecule has 30 heavy (non-hydrogen) atoms. The van der Waals surface area contributed by atoms with Crippen LogP contribution in [0.5, 0.6) is 0 Å². The van der Waals surface area contributed by atoms with Gasteiger partial charge in [0.2, 0.25) is 10.0 Å². The topological polar surface area (TPSA) is 141 Å². The van der Waals surface area contributed by atoms with Gasteiger partial charge in [0.05, 0.1) is 9.92 Å². The van der Waals surface area contributed by atoms with Gasteiger partial charge >= 0.3 is 5.97 Å². The molecule has 0 amide bonds. The zero-order chi connectivity index (χ0) is 20.8. The number of morpholine rings is 1. The number of aromatic nitrogens is 1. The van der Waals surface area contributed by atoms with Gasteiger partial charge in [0.15, 0.2) is 11.8 Å². The van der Waals surface area contributed by atoms with Crippen LogP contribution in [0.15, 0.2) is 34.3 Å². The van der Waals surface area contributed by atoms with Gasteiger partial charge in [-0.2, -0.15) is 9.30 Å². The van der Waals surface area contributed by atoms with Crippen LogP contribution in [-0.2, 0) is 19.6 Å². The predicted molar refractivity (Wildman–Crippen MR) is 116 cm³/mol. The van der Waals surface area contributed by atoms with Gasteiger partial charge in [-0.3, -0.25) is 4.79 Å². The summed E-state index contributed by atoms with van der Waals surface area (Å²) in [4.78, 5) is 20.6. The average molecular weight is 474 g/mol. The number of carbonyl (C=O) groups is 1. The summed E-state index contributed by atoms with van der Waals surface area (Å²) >= 11 is 6.20. The lowest BCUT2D eigenvalue weighted by Crippen LogP contribution is -2.60. The third-order valence-electron chi connectivity index (χ3n) is 5.43. The molecular weight excluding hydrogens is 453 g/mol. The van der Waals surface area contributed by atoms with Crippen molar-refractivity contribution >= 4 is 62.6 Å². The maximum absolute atomic E-state index is 13.5. The quantitative estimate of drug-likeness (QED) is 0.394. The van der Waals surface area contributed by atoms with Crippen LogP contribution in [0.1, 0.15) is 25.7 Å². The summed E-state index contributed by atoms with van der Waals surface area (Å²) < 4.78 is 33.6. The first-order valence-electron chi connectivity index (χ1n) is 9.14. The van der Waals surface area contributed by atoms with Gasteiger partial charge in [-0.1, -0.05) is 30.5 Å². The minimum atomic E-state index is -3.99. The third-order valence-corrected chi connectivity index (χ3v) is 7.69. The van der Waals surface area contributed by atoms with E-state index >= 15 is 0 Å². The summed E-state index contributed by atoms with van der Waals surface area (Å²) in [6.07, 6.45) is 3.84. The Hall–Kier alpha value is -2.14. The standard InChI is InChI=1S/C18H20ClN5O4S.ClH/c19-14-10-22-15(23-17(20)21)13-9-11(3-4-12(13)14)29(26,27)24-7-8-28-16(25)18(24)5-1-2-6-18;/h3-4,9-10H,1-2,5-8H2,(H4,20,21,22,23);1H. The lowest BCUT2D eigenvalue weighted by Gasteiger charge is -2.41. The molecule has 0 atom stereocenters. The number of cyclic esters (lactones) is 1. The molecule has 0 bridgehead atoms. The number of fused-ring (bicyclic) bond motifs is 1. The number of esters is 1. The van der Waals surface area contributed by atoms with E-state index in [0.717, 1.165) is 12.8 Å². The molecule has 4 rings (SSSR count). The molecule has 2 aromatic rings. The highest BCUT2D eigenvalue weighted by atomic mass is 35.5. The number of ether oxygens (including phenoxy) is 1. The number of hydrogen-bond acceptors (Lipinski definition) is 6. The molecule has 2 heterocycles. The summed E-state index contributed by atoms with van der Waals surface area (Å²) in [5.74, 6) is -0.523. The molecular formula is C18H21Cl2N5O4S. The van der Waals surface area contributed by atoms with E-state index in [9.17, 15) is 13.2 Å². The minimum absolute atomic E-state index is 0. The molecule has 1 aromatic heterocycles. The summed E-state index contributed by atoms with van der Waals surface area (Å²) in [5.41, 5.74) is 9.79. The highest BCUT2D eigenvalue weighted by Crippen LogP contribution is 2.42. The molecule has 1 aliphatic carbocycles. The molecule has 162 valence electrons. The lowest BCUT2D eigenvalue weighted by atomic mass is 9.97. The Morgan fingerprint density at radius 3 is 2.60 bits per heavy atom. The van der Waals surface area contributed by atoms with Crippen LogP contribution in [0.4, 0.5) is 5.82 Å². The second kappa shape index (κ2) is 8.18. The molecule has 0 unspecified atom stereocenters. The van der Waals surface area contributed by atoms with Gasteiger partial charge in [-0.25, -0.2) is 13.4 Å². The van der Waals surface area contributed by atoms with Crippen molar-refractivity contribution in [2.24, 2.45) is 16.5 Å². The van der Waals surface area contributed by atoms with E-state index in [1.165, 1.54) is 22.6 Å². The number of hydrogen-bond donors (Lipinski definition) is 2. The summed E-state index contributed by atoms with van der Waals surface area (Å²) in [6, 6.07) is 4.49. The van der Waals surface area contributed by atoms with E-state index < -0.39 is 21.5 Å². The molecule has 4 N–H and O–H groups in total. The van der Waals surface area contributed by atoms with Crippen molar-refractivity contribution in [3.05, 3.63) is 29.4 Å². The van der Waals surface area contributed by atoms with Crippen LogP contribution in [-0.4, -0.2) is 48.3 Å². The molecule has 1 saturated heterocycles. The fourth-order valence-electron chi connectivity index (χ4n) is 4.11. The summed E-state index contributed by atoms with van der Waals surface area (Å²) in [7, 11) is -3.99. The fraction of sp³-hybridized carbons (Fsp3) is 0.389. The zero-order valence-electron chi connectivity index (χ0n) is 15.9. The maximum Gasteiger partial charge on any atom is 0.327 e. The zero-order valence-corrected chi connectivity index (χ0v) is 18.3. The molecule has 1 saturated carbocycles. The molecule has 1 spiro atoms. The Kier molecular flexibility index (Phi) is 6.15. The SMILES string of the molecule is Cl.NC(N)=Nc1ncc(Cl)c2ccc(S(=O)(=O)N3CCOC(=O)C34CCCC4)cc12. The highest BCUT2D eigenvalue weighted by molar-refractivity contribution is 7.89. The number of guanidine groups is 1. The minimum Gasteiger partial charge on any atom is -0.463 e. The van der Waals surface area contributed by atoms with Crippen LogP contribution < -0.4 is 11.5 Å². The largest absolute Gasteiger partial charge is 0.463 e. The van der Waals surface area contributed by atoms with Crippen molar-refractivity contribution in [1.82, 2.24) is 9.29 Å². The Morgan fingerprint density at radius 1 is 1.23 bits per heavy atom. The number of pyridine rings is 1. The van der Waals surface area contributed by atoms with Crippen LogP contribution >= 0.6 is 24.0 Å². The van der Waals surface area contributed by atoms with Crippen LogP contribution in [0.2, 0.25) is 5.02 Å². The van der Waals surface area contributed by atoms with E-state index in [1.807, 2.05) is 0 Å². The molecule has 9 nitrogen and oxygen atoms in total. The monoisotopic (exact) mass is 473 g/mol. The molecule has 12 heteroatoms. The number of nitrogens with zero attached hydrogens (tertiary/aromatic N) is 3. The van der Waals surface area contributed by atoms with Gasteiger partial charge in [0.1, 0.15) is 12.1 Å². The van der Waals surface area contributed by atoms with E-state index in [2.05, 4.69) is 9.98 Å². The highest BCUT2D eigenvalue weighted by Gasteiger charge is 2.54. The first-order valence-corrected chi connectivity index (χ1v) is 11.0. The molecule has 1 aliphatic heterocycles. The Balaban J connectivity index is 0.00000256. The van der Waals surface area contributed by atoms with Crippen LogP contribution in [0.25, 0.3) is 10.8 Å². The molecule has 2 aliphatic rings. The van der Waals surface area contributed by atoms with Crippen molar-refractivity contribution < 1.29 is 17.9 Å². The maximum atomic E-state index is 13.5. The second-order valence-electron chi connectivity index (χ2n) is 7.13. The Morgan fingerprint density at radius 2 is 1.93 bits per heavy atom. The van der Waals surface area contributed by atoms with E-state index in [4.69, 9.17) is 27.8 Å². The molecule has 0 radical (unpaired) electrons. The van der Waals surface area contributed by atoms with Gasteiger partial charge in [0.25, 0.3) is 0 Å². The van der Waals surface area contributed by atoms with Gasteiger partial charge < -0.3 is 16.2 Å². The molecule has 1 aromatic carbocycles. The number of sulfonamides is 1. The first-order chi connectivity index (χ1) is 13.8. The van der Waals surface area contributed by atoms with E-state index in [0.29, 0.717) is 28.6 Å². The van der Waals surface area contributed by atoms with E-state index in [-0.39, 0.29) is 42.2 Å². The smallest absolute Gasteiger partial charge is 0.327 e. The number of rotatable bonds is 3. The Bertz CT molecular complexity index is 1130. The average Bonchev–Trinajstić information content (AvgIpc) is 3.16. The van der Waals surface area contributed by atoms with Crippen molar-refractivity contribution in [1.29, 1.82) is 0 Å². The van der Waals surface area contributed by atoms with Crippen molar-refractivity contribution in [3.63, 3.8) is 0 Å². The third kappa shape index (κ3) is 3.58. The summed E-state index contributed by atoms with van der Waals surface area (Å²) in [6.45, 7) is 0.140. The number of nitrogens with two attached hydrogens (primary N) is 2. The first kappa shape index (κ1) is 22.5. The number of carbonyl (C=O) groups excluding carboxylic acids is 1. The fourth-order valence-corrected chi connectivity index (χ4v) is 6.11. The molecule has 2 fully saturated rings. The van der Waals surface area contributed by atoms with Crippen molar-refractivity contribution in [2.45, 2.75) is 36.1 Å². The number of benzene rings is 1. The van der Waals surface area contributed by atoms with Gasteiger partial charge in [-0.05, 0) is 25.0 Å².